The molecule has 0 spiro atoms. The number of aromatic nitrogens is 1. The minimum absolute atomic E-state index is 0.00571. The number of nitrogens with two attached hydrogens (primary N) is 1. The minimum Gasteiger partial charge on any atom is -0.399 e. The average molecular weight is 304 g/mol. The second kappa shape index (κ2) is 7.19. The van der Waals surface area contributed by atoms with Crippen LogP contribution in [-0.2, 0) is 11.3 Å². The average Bonchev–Trinajstić information content (AvgIpc) is 2.93. The highest BCUT2D eigenvalue weighted by atomic mass is 32.1. The number of hydrogen-bond acceptors (Lipinski definition) is 5. The van der Waals surface area contributed by atoms with Crippen LogP contribution in [0.5, 0.6) is 0 Å². The topological polar surface area (TPSA) is 71.2 Å². The third-order valence-electron chi connectivity index (χ3n) is 3.17. The van der Waals surface area contributed by atoms with Gasteiger partial charge < -0.3 is 16.0 Å². The maximum absolute atomic E-state index is 12.0. The van der Waals surface area contributed by atoms with Gasteiger partial charge in [-0.05, 0) is 31.7 Å². The Labute approximate surface area is 128 Å². The molecule has 0 saturated carbocycles. The van der Waals surface area contributed by atoms with Gasteiger partial charge in [-0.1, -0.05) is 6.07 Å². The summed E-state index contributed by atoms with van der Waals surface area (Å²) in [5, 5.41) is 4.93. The van der Waals surface area contributed by atoms with Crippen molar-refractivity contribution >= 4 is 28.6 Å². The highest BCUT2D eigenvalue weighted by molar-refractivity contribution is 7.07. The van der Waals surface area contributed by atoms with Crippen LogP contribution in [0.4, 0.5) is 11.4 Å². The SMILES string of the molecule is Cc1ccc(N)cc1NC(=O)CCN(C)Cc1cscn1. The van der Waals surface area contributed by atoms with Crippen molar-refractivity contribution in [1.82, 2.24) is 9.88 Å². The number of benzene rings is 1. The molecule has 0 aliphatic heterocycles. The lowest BCUT2D eigenvalue weighted by Crippen LogP contribution is -2.24. The Balaban J connectivity index is 1.80. The zero-order valence-electron chi connectivity index (χ0n) is 12.3. The molecular formula is C15H20N4OS. The Morgan fingerprint density at radius 1 is 1.48 bits per heavy atom. The molecule has 2 rings (SSSR count). The molecule has 21 heavy (non-hydrogen) atoms. The number of rotatable bonds is 6. The van der Waals surface area contributed by atoms with Crippen molar-refractivity contribution in [3.8, 4) is 0 Å². The van der Waals surface area contributed by atoms with Crippen molar-refractivity contribution in [2.75, 3.05) is 24.6 Å². The van der Waals surface area contributed by atoms with Crippen LogP contribution in [0.1, 0.15) is 17.7 Å². The molecule has 0 aliphatic rings. The van der Waals surface area contributed by atoms with Crippen LogP contribution in [0, 0.1) is 6.92 Å². The van der Waals surface area contributed by atoms with E-state index in [1.807, 2.05) is 37.0 Å². The number of nitrogen functional groups attached to an aromatic ring is 1. The number of nitrogens with one attached hydrogen (secondary N) is 1. The van der Waals surface area contributed by atoms with E-state index in [0.29, 0.717) is 18.7 Å². The summed E-state index contributed by atoms with van der Waals surface area (Å²) in [6, 6.07) is 5.51. The van der Waals surface area contributed by atoms with Gasteiger partial charge in [0.2, 0.25) is 5.91 Å². The van der Waals surface area contributed by atoms with Gasteiger partial charge in [0.15, 0.2) is 0 Å². The normalized spacial score (nSPS) is 10.8. The van der Waals surface area contributed by atoms with Gasteiger partial charge in [-0.25, -0.2) is 4.98 Å². The number of thiazole rings is 1. The van der Waals surface area contributed by atoms with E-state index in [-0.39, 0.29) is 5.91 Å². The van der Waals surface area contributed by atoms with E-state index in [1.165, 1.54) is 0 Å². The predicted octanol–water partition coefficient (Wildman–Crippen LogP) is 2.49. The summed E-state index contributed by atoms with van der Waals surface area (Å²) in [4.78, 5) is 18.3. The van der Waals surface area contributed by atoms with Gasteiger partial charge in [-0.15, -0.1) is 11.3 Å². The molecule has 0 saturated heterocycles. The first-order chi connectivity index (χ1) is 10.0. The maximum Gasteiger partial charge on any atom is 0.225 e. The molecule has 0 radical (unpaired) electrons. The molecule has 3 N–H and O–H groups in total. The fourth-order valence-electron chi connectivity index (χ4n) is 1.95. The third kappa shape index (κ3) is 4.84. The summed E-state index contributed by atoms with van der Waals surface area (Å²) in [6.07, 6.45) is 0.439. The second-order valence-electron chi connectivity index (χ2n) is 5.09. The van der Waals surface area contributed by atoms with Crippen molar-refractivity contribution in [3.05, 3.63) is 40.3 Å². The summed E-state index contributed by atoms with van der Waals surface area (Å²) >= 11 is 1.58. The highest BCUT2D eigenvalue weighted by Gasteiger charge is 2.08. The summed E-state index contributed by atoms with van der Waals surface area (Å²) < 4.78 is 0. The van der Waals surface area contributed by atoms with Crippen molar-refractivity contribution in [2.24, 2.45) is 0 Å². The van der Waals surface area contributed by atoms with Gasteiger partial charge in [-0.2, -0.15) is 0 Å². The highest BCUT2D eigenvalue weighted by Crippen LogP contribution is 2.18. The van der Waals surface area contributed by atoms with E-state index >= 15 is 0 Å². The fourth-order valence-corrected chi connectivity index (χ4v) is 2.50. The molecule has 6 heteroatoms. The van der Waals surface area contributed by atoms with Crippen LogP contribution in [0.15, 0.2) is 29.1 Å². The number of aryl methyl sites for hydroxylation is 1. The van der Waals surface area contributed by atoms with Gasteiger partial charge in [0.1, 0.15) is 0 Å². The van der Waals surface area contributed by atoms with E-state index in [1.54, 1.807) is 17.4 Å². The number of amides is 1. The minimum atomic E-state index is -0.00571. The lowest BCUT2D eigenvalue weighted by Gasteiger charge is -2.15. The van der Waals surface area contributed by atoms with Crippen LogP contribution in [0.25, 0.3) is 0 Å². The maximum atomic E-state index is 12.0. The summed E-state index contributed by atoms with van der Waals surface area (Å²) in [6.45, 7) is 3.39. The van der Waals surface area contributed by atoms with Gasteiger partial charge in [0.05, 0.1) is 11.2 Å². The number of anilines is 2. The van der Waals surface area contributed by atoms with Crippen LogP contribution >= 0.6 is 11.3 Å². The summed E-state index contributed by atoms with van der Waals surface area (Å²) in [5.41, 5.74) is 11.0. The molecule has 1 aromatic carbocycles. The van der Waals surface area contributed by atoms with E-state index in [4.69, 9.17) is 5.73 Å². The Bertz CT molecular complexity index is 598. The van der Waals surface area contributed by atoms with E-state index < -0.39 is 0 Å². The van der Waals surface area contributed by atoms with Gasteiger partial charge in [0, 0.05) is 36.3 Å². The molecule has 0 bridgehead atoms. The standard InChI is InChI=1S/C15H20N4OS/c1-11-3-4-12(16)7-14(11)18-15(20)5-6-19(2)8-13-9-21-10-17-13/h3-4,7,9-10H,5-6,8,16H2,1-2H3,(H,18,20). The molecule has 1 amide bonds. The Morgan fingerprint density at radius 3 is 3.00 bits per heavy atom. The quantitative estimate of drug-likeness (QED) is 0.804. The number of carbonyl (C=O) groups excluding carboxylic acids is 1. The Morgan fingerprint density at radius 2 is 2.29 bits per heavy atom. The molecule has 1 aromatic heterocycles. The second-order valence-corrected chi connectivity index (χ2v) is 5.81. The molecule has 0 fully saturated rings. The van der Waals surface area contributed by atoms with Gasteiger partial charge >= 0.3 is 0 Å². The summed E-state index contributed by atoms with van der Waals surface area (Å²) in [5.74, 6) is -0.00571. The Kier molecular flexibility index (Phi) is 5.30. The van der Waals surface area contributed by atoms with Crippen LogP contribution in [0.2, 0.25) is 0 Å². The van der Waals surface area contributed by atoms with Gasteiger partial charge in [0.25, 0.3) is 0 Å². The number of nitrogens with zero attached hydrogens (tertiary/aromatic N) is 2. The van der Waals surface area contributed by atoms with Crippen LogP contribution in [0.3, 0.4) is 0 Å². The van der Waals surface area contributed by atoms with E-state index in [0.717, 1.165) is 23.5 Å². The van der Waals surface area contributed by atoms with Crippen LogP contribution in [-0.4, -0.2) is 29.4 Å². The molecule has 0 atom stereocenters. The molecule has 0 aliphatic carbocycles. The van der Waals surface area contributed by atoms with Crippen molar-refractivity contribution in [3.63, 3.8) is 0 Å². The molecule has 1 heterocycles. The zero-order valence-corrected chi connectivity index (χ0v) is 13.1. The zero-order chi connectivity index (χ0) is 15.2. The van der Waals surface area contributed by atoms with Crippen LogP contribution < -0.4 is 11.1 Å². The monoisotopic (exact) mass is 304 g/mol. The third-order valence-corrected chi connectivity index (χ3v) is 3.81. The first kappa shape index (κ1) is 15.5. The van der Waals surface area contributed by atoms with Crippen molar-refractivity contribution in [2.45, 2.75) is 19.9 Å². The molecule has 0 unspecified atom stereocenters. The molecular weight excluding hydrogens is 284 g/mol. The lowest BCUT2D eigenvalue weighted by molar-refractivity contribution is -0.116. The number of hydrogen-bond donors (Lipinski definition) is 2. The van der Waals surface area contributed by atoms with Crippen molar-refractivity contribution < 1.29 is 4.79 Å². The lowest BCUT2D eigenvalue weighted by atomic mass is 10.2. The summed E-state index contributed by atoms with van der Waals surface area (Å²) in [7, 11) is 1.98. The smallest absolute Gasteiger partial charge is 0.225 e. The number of carbonyl (C=O) groups is 1. The molecule has 112 valence electrons. The Hall–Kier alpha value is -1.92. The molecule has 5 nitrogen and oxygen atoms in total. The largest absolute Gasteiger partial charge is 0.399 e. The van der Waals surface area contributed by atoms with E-state index in [2.05, 4.69) is 15.2 Å². The predicted molar refractivity (Wildman–Crippen MR) is 87.3 cm³/mol. The fraction of sp³-hybridized carbons (Fsp3) is 0.333. The first-order valence-corrected chi connectivity index (χ1v) is 7.70. The first-order valence-electron chi connectivity index (χ1n) is 6.76. The van der Waals surface area contributed by atoms with Crippen molar-refractivity contribution in [1.29, 1.82) is 0 Å². The molecule has 2 aromatic rings. The van der Waals surface area contributed by atoms with Gasteiger partial charge in [-0.3, -0.25) is 4.79 Å². The van der Waals surface area contributed by atoms with E-state index in [9.17, 15) is 4.79 Å².